The first-order chi connectivity index (χ1) is 8.78. The van der Waals surface area contributed by atoms with E-state index < -0.39 is 0 Å². The fourth-order valence-electron chi connectivity index (χ4n) is 2.92. The van der Waals surface area contributed by atoms with Gasteiger partial charge in [0.1, 0.15) is 0 Å². The summed E-state index contributed by atoms with van der Waals surface area (Å²) in [4.78, 5) is 6.91. The van der Waals surface area contributed by atoms with Gasteiger partial charge in [-0.3, -0.25) is 4.90 Å². The van der Waals surface area contributed by atoms with Crippen LogP contribution in [0.1, 0.15) is 50.2 Å². The molecule has 1 aromatic rings. The summed E-state index contributed by atoms with van der Waals surface area (Å²) >= 11 is 0. The van der Waals surface area contributed by atoms with Gasteiger partial charge in [-0.2, -0.15) is 4.98 Å². The SMILES string of the molecule is CC1CCCN(Cc2noc(C3CC3)n2)C1CN.Cl. The van der Waals surface area contributed by atoms with Crippen LogP contribution in [-0.2, 0) is 6.54 Å². The molecule has 3 rings (SSSR count). The maximum absolute atomic E-state index is 5.90. The Balaban J connectivity index is 0.00000133. The maximum Gasteiger partial charge on any atom is 0.229 e. The number of hydrogen-bond donors (Lipinski definition) is 1. The number of rotatable bonds is 4. The fraction of sp³-hybridized carbons (Fsp3) is 0.846. The smallest absolute Gasteiger partial charge is 0.229 e. The summed E-state index contributed by atoms with van der Waals surface area (Å²) in [6, 6.07) is 0.460. The molecule has 2 atom stereocenters. The average molecular weight is 287 g/mol. The van der Waals surface area contributed by atoms with Crippen molar-refractivity contribution in [1.82, 2.24) is 15.0 Å². The summed E-state index contributed by atoms with van der Waals surface area (Å²) in [5.74, 6) is 2.86. The van der Waals surface area contributed by atoms with Crippen LogP contribution in [0, 0.1) is 5.92 Å². The van der Waals surface area contributed by atoms with Crippen LogP contribution in [0.2, 0.25) is 0 Å². The molecule has 2 N–H and O–H groups in total. The minimum atomic E-state index is 0. The summed E-state index contributed by atoms with van der Waals surface area (Å²) in [5.41, 5.74) is 5.90. The molecule has 1 saturated carbocycles. The molecule has 2 aliphatic rings. The Morgan fingerprint density at radius 2 is 2.16 bits per heavy atom. The first-order valence-electron chi connectivity index (χ1n) is 7.04. The van der Waals surface area contributed by atoms with Gasteiger partial charge in [0.05, 0.1) is 6.54 Å². The first kappa shape index (κ1) is 14.8. The number of halogens is 1. The molecule has 2 heterocycles. The van der Waals surface area contributed by atoms with Gasteiger partial charge in [0, 0.05) is 18.5 Å². The lowest BCUT2D eigenvalue weighted by Gasteiger charge is -2.38. The van der Waals surface area contributed by atoms with Crippen LogP contribution in [0.4, 0.5) is 0 Å². The van der Waals surface area contributed by atoms with E-state index in [2.05, 4.69) is 22.0 Å². The maximum atomic E-state index is 5.90. The Morgan fingerprint density at radius 3 is 2.84 bits per heavy atom. The number of aromatic nitrogens is 2. The fourth-order valence-corrected chi connectivity index (χ4v) is 2.92. The lowest BCUT2D eigenvalue weighted by atomic mass is 9.91. The number of hydrogen-bond acceptors (Lipinski definition) is 5. The van der Waals surface area contributed by atoms with Gasteiger partial charge in [-0.1, -0.05) is 12.1 Å². The molecule has 2 unspecified atom stereocenters. The van der Waals surface area contributed by atoms with Crippen molar-refractivity contribution < 1.29 is 4.52 Å². The molecule has 0 amide bonds. The van der Waals surface area contributed by atoms with Crippen LogP contribution in [0.3, 0.4) is 0 Å². The molecule has 19 heavy (non-hydrogen) atoms. The van der Waals surface area contributed by atoms with Crippen LogP contribution in [0.15, 0.2) is 4.52 Å². The summed E-state index contributed by atoms with van der Waals surface area (Å²) in [6.45, 7) is 4.88. The average Bonchev–Trinajstić information content (AvgIpc) is 3.11. The Bertz CT molecular complexity index is 407. The standard InChI is InChI=1S/C13H22N4O.ClH/c1-9-3-2-6-17(11(9)7-14)8-12-15-13(18-16-12)10-4-5-10;/h9-11H,2-8,14H2,1H3;1H. The molecule has 1 aliphatic heterocycles. The Kier molecular flexibility index (Phi) is 4.81. The largest absolute Gasteiger partial charge is 0.339 e. The van der Waals surface area contributed by atoms with Gasteiger partial charge in [0.25, 0.3) is 0 Å². The van der Waals surface area contributed by atoms with Crippen LogP contribution in [0.25, 0.3) is 0 Å². The van der Waals surface area contributed by atoms with Gasteiger partial charge in [-0.15, -0.1) is 12.4 Å². The zero-order valence-electron chi connectivity index (χ0n) is 11.4. The predicted molar refractivity (Wildman–Crippen MR) is 75.2 cm³/mol. The zero-order chi connectivity index (χ0) is 12.5. The minimum Gasteiger partial charge on any atom is -0.339 e. The third-order valence-electron chi connectivity index (χ3n) is 4.23. The quantitative estimate of drug-likeness (QED) is 0.916. The number of piperidine rings is 1. The van der Waals surface area contributed by atoms with Crippen LogP contribution >= 0.6 is 12.4 Å². The Labute approximate surface area is 120 Å². The van der Waals surface area contributed by atoms with Gasteiger partial charge in [0.2, 0.25) is 5.89 Å². The summed E-state index contributed by atoms with van der Waals surface area (Å²) < 4.78 is 5.31. The van der Waals surface area contributed by atoms with Gasteiger partial charge in [-0.25, -0.2) is 0 Å². The first-order valence-corrected chi connectivity index (χ1v) is 7.04. The third kappa shape index (κ3) is 3.27. The van der Waals surface area contributed by atoms with E-state index in [9.17, 15) is 0 Å². The number of likely N-dealkylation sites (tertiary alicyclic amines) is 1. The zero-order valence-corrected chi connectivity index (χ0v) is 12.2. The molecule has 5 nitrogen and oxygen atoms in total. The molecule has 0 aromatic carbocycles. The van der Waals surface area contributed by atoms with Crippen LogP contribution < -0.4 is 5.73 Å². The molecule has 0 radical (unpaired) electrons. The monoisotopic (exact) mass is 286 g/mol. The van der Waals surface area contributed by atoms with E-state index in [1.807, 2.05) is 0 Å². The highest BCUT2D eigenvalue weighted by atomic mass is 35.5. The topological polar surface area (TPSA) is 68.2 Å². The lowest BCUT2D eigenvalue weighted by molar-refractivity contribution is 0.0955. The molecule has 1 aromatic heterocycles. The normalized spacial score (nSPS) is 28.1. The minimum absolute atomic E-state index is 0. The molecule has 6 heteroatoms. The Hall–Kier alpha value is -0.650. The molecule has 1 saturated heterocycles. The number of nitrogens with two attached hydrogens (primary N) is 1. The second-order valence-corrected chi connectivity index (χ2v) is 5.72. The van der Waals surface area contributed by atoms with Crippen molar-refractivity contribution in [3.63, 3.8) is 0 Å². The van der Waals surface area contributed by atoms with Gasteiger partial charge in [0.15, 0.2) is 5.82 Å². The van der Waals surface area contributed by atoms with Crippen LogP contribution in [-0.4, -0.2) is 34.2 Å². The van der Waals surface area contributed by atoms with E-state index in [4.69, 9.17) is 10.3 Å². The highest BCUT2D eigenvalue weighted by molar-refractivity contribution is 5.85. The van der Waals surface area contributed by atoms with Crippen molar-refractivity contribution >= 4 is 12.4 Å². The van der Waals surface area contributed by atoms with E-state index in [1.54, 1.807) is 0 Å². The van der Waals surface area contributed by atoms with Crippen molar-refractivity contribution in [3.05, 3.63) is 11.7 Å². The summed E-state index contributed by atoms with van der Waals surface area (Å²) in [5, 5.41) is 4.10. The summed E-state index contributed by atoms with van der Waals surface area (Å²) in [7, 11) is 0. The molecular formula is C13H23ClN4O. The van der Waals surface area contributed by atoms with Crippen molar-refractivity contribution in [1.29, 1.82) is 0 Å². The third-order valence-corrected chi connectivity index (χ3v) is 4.23. The van der Waals surface area contributed by atoms with E-state index in [-0.39, 0.29) is 12.4 Å². The molecule has 1 aliphatic carbocycles. The molecule has 108 valence electrons. The Morgan fingerprint density at radius 1 is 1.37 bits per heavy atom. The van der Waals surface area contributed by atoms with Gasteiger partial charge >= 0.3 is 0 Å². The van der Waals surface area contributed by atoms with E-state index in [0.29, 0.717) is 24.4 Å². The lowest BCUT2D eigenvalue weighted by Crippen LogP contribution is -2.48. The highest BCUT2D eigenvalue weighted by Gasteiger charge is 2.31. The van der Waals surface area contributed by atoms with Crippen molar-refractivity contribution in [2.75, 3.05) is 13.1 Å². The van der Waals surface area contributed by atoms with Gasteiger partial charge < -0.3 is 10.3 Å². The van der Waals surface area contributed by atoms with E-state index in [0.717, 1.165) is 24.8 Å². The molecular weight excluding hydrogens is 264 g/mol. The number of nitrogens with zero attached hydrogens (tertiary/aromatic N) is 3. The molecule has 0 bridgehead atoms. The summed E-state index contributed by atoms with van der Waals surface area (Å²) in [6.07, 6.45) is 4.92. The second-order valence-electron chi connectivity index (χ2n) is 5.72. The van der Waals surface area contributed by atoms with Crippen molar-refractivity contribution in [3.8, 4) is 0 Å². The van der Waals surface area contributed by atoms with Crippen molar-refractivity contribution in [2.45, 2.75) is 51.1 Å². The highest BCUT2D eigenvalue weighted by Crippen LogP contribution is 2.38. The molecule has 0 spiro atoms. The second kappa shape index (κ2) is 6.20. The van der Waals surface area contributed by atoms with Crippen LogP contribution in [0.5, 0.6) is 0 Å². The molecule has 2 fully saturated rings. The van der Waals surface area contributed by atoms with E-state index in [1.165, 1.54) is 25.7 Å². The van der Waals surface area contributed by atoms with Gasteiger partial charge in [-0.05, 0) is 38.1 Å². The van der Waals surface area contributed by atoms with Crippen molar-refractivity contribution in [2.24, 2.45) is 11.7 Å². The van der Waals surface area contributed by atoms with E-state index >= 15 is 0 Å². The predicted octanol–water partition coefficient (Wildman–Crippen LogP) is 1.93.